The average molecular weight is 568 g/mol. The lowest BCUT2D eigenvalue weighted by Crippen LogP contribution is -2.49. The van der Waals surface area contributed by atoms with Crippen molar-refractivity contribution in [3.63, 3.8) is 0 Å². The van der Waals surface area contributed by atoms with E-state index >= 15 is 0 Å². The lowest BCUT2D eigenvalue weighted by molar-refractivity contribution is -0.139. The van der Waals surface area contributed by atoms with Gasteiger partial charge in [0, 0.05) is 48.5 Å². The third-order valence-corrected chi connectivity index (χ3v) is 6.51. The minimum atomic E-state index is -0.866. The number of likely N-dealkylation sites (N-methyl/N-ethyl adjacent to an activating group) is 1. The van der Waals surface area contributed by atoms with E-state index in [1.54, 1.807) is 37.2 Å². The largest absolute Gasteiger partial charge is 0.480 e. The molecule has 2 N–H and O–H groups in total. The summed E-state index contributed by atoms with van der Waals surface area (Å²) in [4.78, 5) is 36.0. The van der Waals surface area contributed by atoms with Gasteiger partial charge in [0.1, 0.15) is 5.82 Å². The molecule has 0 radical (unpaired) electrons. The van der Waals surface area contributed by atoms with Crippen LogP contribution in [0.25, 0.3) is 0 Å². The van der Waals surface area contributed by atoms with Crippen LogP contribution in [0.2, 0.25) is 5.02 Å². The van der Waals surface area contributed by atoms with Gasteiger partial charge in [-0.05, 0) is 32.2 Å². The molecule has 38 heavy (non-hydrogen) atoms. The van der Waals surface area contributed by atoms with Crippen molar-refractivity contribution in [3.8, 4) is 0 Å². The van der Waals surface area contributed by atoms with Gasteiger partial charge < -0.3 is 19.9 Å². The normalized spacial score (nSPS) is 17.8. The fourth-order valence-electron chi connectivity index (χ4n) is 3.87. The molecule has 2 aliphatic rings. The molecule has 1 aromatic heterocycles. The van der Waals surface area contributed by atoms with Gasteiger partial charge in [0.25, 0.3) is 0 Å². The number of aliphatic carboxylic acids is 1. The number of benzene rings is 1. The Balaban J connectivity index is 0.000000427. The number of aromatic nitrogens is 1. The SMILES string of the molecule is CCOC(=O)C1=C(CN2CCOC(CN(C)CC(=O)O)C2)NC(c2nccs2)=NC1.Fc1cccc(Cl)c1. The molecule has 1 saturated heterocycles. The molecule has 3 heterocycles. The van der Waals surface area contributed by atoms with Crippen molar-refractivity contribution in [2.24, 2.45) is 4.99 Å². The van der Waals surface area contributed by atoms with Gasteiger partial charge in [-0.15, -0.1) is 11.3 Å². The number of rotatable bonds is 9. The minimum absolute atomic E-state index is 0.0345. The number of halogens is 2. The number of nitrogens with one attached hydrogen (secondary N) is 1. The van der Waals surface area contributed by atoms with E-state index in [-0.39, 0.29) is 31.0 Å². The number of amidine groups is 1. The Morgan fingerprint density at radius 2 is 2.24 bits per heavy atom. The molecular weight excluding hydrogens is 537 g/mol. The third kappa shape index (κ3) is 9.44. The summed E-state index contributed by atoms with van der Waals surface area (Å²) in [5, 5.41) is 15.3. The molecule has 10 nitrogen and oxygen atoms in total. The second-order valence-corrected chi connectivity index (χ2v) is 9.89. The van der Waals surface area contributed by atoms with Crippen LogP contribution in [0.1, 0.15) is 11.9 Å². The number of esters is 1. The summed E-state index contributed by atoms with van der Waals surface area (Å²) in [6, 6.07) is 5.82. The van der Waals surface area contributed by atoms with Crippen LogP contribution < -0.4 is 5.32 Å². The van der Waals surface area contributed by atoms with Crippen molar-refractivity contribution in [2.75, 3.05) is 59.5 Å². The van der Waals surface area contributed by atoms with E-state index in [2.05, 4.69) is 20.2 Å². The number of thiazole rings is 1. The Morgan fingerprint density at radius 3 is 2.87 bits per heavy atom. The smallest absolute Gasteiger partial charge is 0.337 e. The molecule has 4 rings (SSSR count). The summed E-state index contributed by atoms with van der Waals surface area (Å²) in [6.07, 6.45) is 1.61. The van der Waals surface area contributed by atoms with E-state index in [0.29, 0.717) is 55.8 Å². The van der Waals surface area contributed by atoms with E-state index in [0.717, 1.165) is 10.7 Å². The highest BCUT2D eigenvalue weighted by molar-refractivity contribution is 7.11. The summed E-state index contributed by atoms with van der Waals surface area (Å²) in [6.45, 7) is 5.21. The standard InChI is InChI=1S/C19H27N5O5S.C6H4ClF/c1-3-28-19(27)14-8-21-17(18-20-4-7-30-18)22-15(14)11-24-5-6-29-13(10-24)9-23(2)12-16(25)26;7-5-2-1-3-6(8)4-5/h4,7,13H,3,5-6,8-12H2,1-2H3,(H,21,22)(H,25,26);1-4H. The number of carboxylic acids is 1. The molecular formula is C25H31ClFN5O5S. The van der Waals surface area contributed by atoms with Crippen LogP contribution in [-0.2, 0) is 19.1 Å². The van der Waals surface area contributed by atoms with Gasteiger partial charge in [-0.3, -0.25) is 19.6 Å². The molecule has 0 bridgehead atoms. The molecule has 1 unspecified atom stereocenters. The van der Waals surface area contributed by atoms with Crippen LogP contribution in [0.15, 0.2) is 52.1 Å². The fourth-order valence-corrected chi connectivity index (χ4v) is 4.65. The van der Waals surface area contributed by atoms with Crippen molar-refractivity contribution in [3.05, 3.63) is 63.0 Å². The molecule has 13 heteroatoms. The van der Waals surface area contributed by atoms with Crippen molar-refractivity contribution in [2.45, 2.75) is 13.0 Å². The summed E-state index contributed by atoms with van der Waals surface area (Å²) in [7, 11) is 1.76. The number of hydrogen-bond acceptors (Lipinski definition) is 10. The Bertz CT molecular complexity index is 1130. The number of hydrogen-bond donors (Lipinski definition) is 2. The van der Waals surface area contributed by atoms with E-state index < -0.39 is 5.97 Å². The maximum Gasteiger partial charge on any atom is 0.337 e. The third-order valence-electron chi connectivity index (χ3n) is 5.50. The lowest BCUT2D eigenvalue weighted by atomic mass is 10.1. The Morgan fingerprint density at radius 1 is 1.42 bits per heavy atom. The van der Waals surface area contributed by atoms with E-state index in [4.69, 9.17) is 26.2 Å². The van der Waals surface area contributed by atoms with Crippen molar-refractivity contribution in [1.82, 2.24) is 20.1 Å². The highest BCUT2D eigenvalue weighted by Crippen LogP contribution is 2.17. The number of nitrogens with zero attached hydrogens (tertiary/aromatic N) is 4. The number of carbonyl (C=O) groups is 2. The first-order chi connectivity index (χ1) is 18.2. The number of carbonyl (C=O) groups excluding carboxylic acids is 1. The zero-order chi connectivity index (χ0) is 27.5. The second kappa shape index (κ2) is 14.9. The average Bonchev–Trinajstić information content (AvgIpc) is 3.39. The molecule has 1 atom stereocenters. The van der Waals surface area contributed by atoms with Crippen LogP contribution >= 0.6 is 22.9 Å². The summed E-state index contributed by atoms with van der Waals surface area (Å²) in [5.41, 5.74) is 1.27. The van der Waals surface area contributed by atoms with Crippen molar-refractivity contribution < 1.29 is 28.6 Å². The van der Waals surface area contributed by atoms with Gasteiger partial charge in [0.05, 0.1) is 38.0 Å². The number of aliphatic imine (C=N–C) groups is 1. The summed E-state index contributed by atoms with van der Waals surface area (Å²) >= 11 is 6.88. The van der Waals surface area contributed by atoms with Crippen LogP contribution in [0, 0.1) is 5.82 Å². The Hall–Kier alpha value is -2.90. The number of carboxylic acid groups (broad SMARTS) is 1. The molecule has 0 aliphatic carbocycles. The van der Waals surface area contributed by atoms with Gasteiger partial charge in [-0.25, -0.2) is 14.2 Å². The first-order valence-electron chi connectivity index (χ1n) is 12.0. The maximum absolute atomic E-state index is 12.4. The predicted molar refractivity (Wildman–Crippen MR) is 143 cm³/mol. The molecule has 2 aliphatic heterocycles. The van der Waals surface area contributed by atoms with Crippen molar-refractivity contribution >= 4 is 40.7 Å². The Labute approximate surface area is 229 Å². The van der Waals surface area contributed by atoms with Crippen LogP contribution in [0.4, 0.5) is 4.39 Å². The monoisotopic (exact) mass is 567 g/mol. The van der Waals surface area contributed by atoms with Gasteiger partial charge in [0.15, 0.2) is 10.8 Å². The molecule has 0 saturated carbocycles. The van der Waals surface area contributed by atoms with Crippen LogP contribution in [-0.4, -0.2) is 103 Å². The topological polar surface area (TPSA) is 117 Å². The van der Waals surface area contributed by atoms with Gasteiger partial charge in [-0.1, -0.05) is 17.7 Å². The molecule has 206 valence electrons. The summed E-state index contributed by atoms with van der Waals surface area (Å²) in [5.74, 6) is -0.876. The van der Waals surface area contributed by atoms with Crippen LogP contribution in [0.5, 0.6) is 0 Å². The Kier molecular flexibility index (Phi) is 11.6. The number of ether oxygens (including phenoxy) is 2. The second-order valence-electron chi connectivity index (χ2n) is 8.56. The first kappa shape index (κ1) is 29.7. The molecule has 0 spiro atoms. The minimum Gasteiger partial charge on any atom is -0.480 e. The maximum atomic E-state index is 12.4. The van der Waals surface area contributed by atoms with E-state index in [1.165, 1.54) is 23.5 Å². The van der Waals surface area contributed by atoms with Gasteiger partial charge >= 0.3 is 11.9 Å². The number of morpholine rings is 1. The molecule has 0 amide bonds. The highest BCUT2D eigenvalue weighted by Gasteiger charge is 2.28. The molecule has 1 fully saturated rings. The molecule has 1 aromatic carbocycles. The fraction of sp³-hybridized carbons (Fsp3) is 0.440. The lowest BCUT2D eigenvalue weighted by Gasteiger charge is -2.35. The van der Waals surface area contributed by atoms with E-state index in [9.17, 15) is 14.0 Å². The zero-order valence-corrected chi connectivity index (χ0v) is 22.8. The zero-order valence-electron chi connectivity index (χ0n) is 21.2. The van der Waals surface area contributed by atoms with Crippen LogP contribution in [0.3, 0.4) is 0 Å². The van der Waals surface area contributed by atoms with Crippen molar-refractivity contribution in [1.29, 1.82) is 0 Å². The summed E-state index contributed by atoms with van der Waals surface area (Å²) < 4.78 is 23.1. The molecule has 2 aromatic rings. The van der Waals surface area contributed by atoms with E-state index in [1.807, 2.05) is 5.38 Å². The first-order valence-corrected chi connectivity index (χ1v) is 13.3. The van der Waals surface area contributed by atoms with Gasteiger partial charge in [0.2, 0.25) is 0 Å². The quantitative estimate of drug-likeness (QED) is 0.441. The van der Waals surface area contributed by atoms with Gasteiger partial charge in [-0.2, -0.15) is 0 Å². The predicted octanol–water partition coefficient (Wildman–Crippen LogP) is 2.51. The highest BCUT2D eigenvalue weighted by atomic mass is 35.5.